The summed E-state index contributed by atoms with van der Waals surface area (Å²) in [4.78, 5) is 25.0. The van der Waals surface area contributed by atoms with E-state index in [2.05, 4.69) is 10.6 Å². The van der Waals surface area contributed by atoms with Crippen molar-refractivity contribution in [3.05, 3.63) is 48.0 Å². The molecule has 136 valence electrons. The summed E-state index contributed by atoms with van der Waals surface area (Å²) < 4.78 is 0. The second kappa shape index (κ2) is 7.08. The molecule has 2 bridgehead atoms. The molecule has 4 atom stereocenters. The Labute approximate surface area is 152 Å². The number of benzene rings is 2. The lowest BCUT2D eigenvalue weighted by atomic mass is 9.95. The van der Waals surface area contributed by atoms with Gasteiger partial charge in [-0.2, -0.15) is 0 Å². The number of nitrogens with one attached hydrogen (secondary N) is 2. The molecule has 26 heavy (non-hydrogen) atoms. The van der Waals surface area contributed by atoms with Crippen molar-refractivity contribution in [2.24, 2.45) is 11.8 Å². The van der Waals surface area contributed by atoms with Gasteiger partial charge in [0.05, 0.1) is 6.61 Å². The minimum atomic E-state index is -0.923. The van der Waals surface area contributed by atoms with Crippen molar-refractivity contribution in [2.45, 2.75) is 37.8 Å². The second-order valence-electron chi connectivity index (χ2n) is 7.56. The summed E-state index contributed by atoms with van der Waals surface area (Å²) in [6, 6.07) is 12.5. The van der Waals surface area contributed by atoms with Gasteiger partial charge in [0.25, 0.3) is 5.91 Å². The summed E-state index contributed by atoms with van der Waals surface area (Å²) in [5.41, 5.74) is 0.481. The van der Waals surface area contributed by atoms with E-state index in [0.717, 1.165) is 23.1 Å². The Morgan fingerprint density at radius 3 is 2.58 bits per heavy atom. The van der Waals surface area contributed by atoms with E-state index in [0.29, 0.717) is 11.5 Å². The van der Waals surface area contributed by atoms with Crippen molar-refractivity contribution in [3.8, 4) is 0 Å². The summed E-state index contributed by atoms with van der Waals surface area (Å²) in [7, 11) is 0. The number of hydrogen-bond donors (Lipinski definition) is 3. The third kappa shape index (κ3) is 3.31. The van der Waals surface area contributed by atoms with Gasteiger partial charge >= 0.3 is 0 Å². The first-order valence-corrected chi connectivity index (χ1v) is 9.35. The van der Waals surface area contributed by atoms with Crippen LogP contribution < -0.4 is 10.6 Å². The minimum Gasteiger partial charge on any atom is -0.394 e. The summed E-state index contributed by atoms with van der Waals surface area (Å²) in [5, 5.41) is 17.3. The average molecular weight is 352 g/mol. The number of amides is 2. The highest BCUT2D eigenvalue weighted by Crippen LogP contribution is 2.44. The van der Waals surface area contributed by atoms with Crippen LogP contribution in [0.1, 0.15) is 36.0 Å². The van der Waals surface area contributed by atoms with Gasteiger partial charge in [0.1, 0.15) is 6.04 Å². The number of fused-ring (bicyclic) bond motifs is 3. The molecule has 2 aromatic carbocycles. The van der Waals surface area contributed by atoms with Crippen LogP contribution in [0.2, 0.25) is 0 Å². The van der Waals surface area contributed by atoms with Gasteiger partial charge in [-0.1, -0.05) is 36.8 Å². The van der Waals surface area contributed by atoms with Gasteiger partial charge in [-0.25, -0.2) is 0 Å². The van der Waals surface area contributed by atoms with Gasteiger partial charge in [-0.15, -0.1) is 0 Å². The third-order valence-electron chi connectivity index (χ3n) is 5.88. The van der Waals surface area contributed by atoms with E-state index >= 15 is 0 Å². The van der Waals surface area contributed by atoms with Crippen molar-refractivity contribution in [1.82, 2.24) is 10.6 Å². The second-order valence-corrected chi connectivity index (χ2v) is 7.56. The molecule has 2 amide bonds. The van der Waals surface area contributed by atoms with Crippen LogP contribution in [-0.4, -0.2) is 35.6 Å². The summed E-state index contributed by atoms with van der Waals surface area (Å²) in [6.45, 7) is -0.411. The van der Waals surface area contributed by atoms with Crippen molar-refractivity contribution in [1.29, 1.82) is 0 Å². The maximum Gasteiger partial charge on any atom is 0.252 e. The van der Waals surface area contributed by atoms with E-state index in [-0.39, 0.29) is 17.9 Å². The van der Waals surface area contributed by atoms with Gasteiger partial charge in [-0.3, -0.25) is 9.59 Å². The maximum atomic E-state index is 12.5. The van der Waals surface area contributed by atoms with Crippen LogP contribution in [0.15, 0.2) is 42.5 Å². The number of aliphatic hydroxyl groups is 1. The SMILES string of the molecule is O=C(NC(CO)C(=O)NC1CC2CCC1C2)c1ccc2ccccc2c1. The lowest BCUT2D eigenvalue weighted by molar-refractivity contribution is -0.124. The zero-order valence-corrected chi connectivity index (χ0v) is 14.7. The summed E-state index contributed by atoms with van der Waals surface area (Å²) in [5.74, 6) is 0.640. The molecule has 5 nitrogen and oxygen atoms in total. The van der Waals surface area contributed by atoms with Crippen LogP contribution in [-0.2, 0) is 4.79 Å². The first kappa shape index (κ1) is 17.0. The lowest BCUT2D eigenvalue weighted by Gasteiger charge is -2.25. The van der Waals surface area contributed by atoms with Crippen molar-refractivity contribution < 1.29 is 14.7 Å². The number of carbonyl (C=O) groups excluding carboxylic acids is 2. The molecule has 3 N–H and O–H groups in total. The van der Waals surface area contributed by atoms with Crippen LogP contribution >= 0.6 is 0 Å². The lowest BCUT2D eigenvalue weighted by Crippen LogP contribution is -2.52. The molecule has 4 unspecified atom stereocenters. The molecule has 2 aliphatic rings. The van der Waals surface area contributed by atoms with E-state index in [9.17, 15) is 14.7 Å². The van der Waals surface area contributed by atoms with Crippen LogP contribution in [0, 0.1) is 11.8 Å². The summed E-state index contributed by atoms with van der Waals surface area (Å²) >= 11 is 0. The van der Waals surface area contributed by atoms with Gasteiger partial charge in [-0.05, 0) is 54.0 Å². The van der Waals surface area contributed by atoms with Crippen molar-refractivity contribution in [2.75, 3.05) is 6.61 Å². The molecule has 2 aromatic rings. The zero-order valence-electron chi connectivity index (χ0n) is 14.7. The maximum absolute atomic E-state index is 12.5. The van der Waals surface area contributed by atoms with E-state index in [4.69, 9.17) is 0 Å². The minimum absolute atomic E-state index is 0.188. The Balaban J connectivity index is 1.41. The molecule has 0 aliphatic heterocycles. The Morgan fingerprint density at radius 2 is 1.88 bits per heavy atom. The highest BCUT2D eigenvalue weighted by molar-refractivity contribution is 6.00. The van der Waals surface area contributed by atoms with E-state index < -0.39 is 12.6 Å². The van der Waals surface area contributed by atoms with Crippen molar-refractivity contribution in [3.63, 3.8) is 0 Å². The van der Waals surface area contributed by atoms with E-state index in [1.165, 1.54) is 19.3 Å². The molecule has 0 aromatic heterocycles. The van der Waals surface area contributed by atoms with Crippen LogP contribution in [0.5, 0.6) is 0 Å². The van der Waals surface area contributed by atoms with Crippen molar-refractivity contribution >= 4 is 22.6 Å². The Bertz CT molecular complexity index is 835. The zero-order chi connectivity index (χ0) is 18.1. The largest absolute Gasteiger partial charge is 0.394 e. The van der Waals surface area contributed by atoms with Gasteiger partial charge in [0.15, 0.2) is 0 Å². The molecule has 0 saturated heterocycles. The van der Waals surface area contributed by atoms with E-state index in [1.54, 1.807) is 12.1 Å². The predicted molar refractivity (Wildman–Crippen MR) is 99.7 cm³/mol. The molecule has 0 radical (unpaired) electrons. The summed E-state index contributed by atoms with van der Waals surface area (Å²) in [6.07, 6.45) is 4.65. The third-order valence-corrected chi connectivity index (χ3v) is 5.88. The number of hydrogen-bond acceptors (Lipinski definition) is 3. The molecule has 2 aliphatic carbocycles. The fourth-order valence-electron chi connectivity index (χ4n) is 4.47. The number of carbonyl (C=O) groups is 2. The van der Waals surface area contributed by atoms with Crippen LogP contribution in [0.25, 0.3) is 10.8 Å². The van der Waals surface area contributed by atoms with Gasteiger partial charge in [0.2, 0.25) is 5.91 Å². The standard InChI is InChI=1S/C21H24N2O3/c24-12-19(21(26)22-18-10-13-5-6-16(18)9-13)23-20(25)17-8-7-14-3-1-2-4-15(14)11-17/h1-4,7-8,11,13,16,18-19,24H,5-6,9-10,12H2,(H,22,26)(H,23,25). The van der Waals surface area contributed by atoms with Crippen LogP contribution in [0.3, 0.4) is 0 Å². The Hall–Kier alpha value is -2.40. The molecule has 0 heterocycles. The first-order chi connectivity index (χ1) is 12.6. The quantitative estimate of drug-likeness (QED) is 0.772. The molecule has 0 spiro atoms. The highest BCUT2D eigenvalue weighted by Gasteiger charge is 2.40. The first-order valence-electron chi connectivity index (χ1n) is 9.35. The molecular weight excluding hydrogens is 328 g/mol. The predicted octanol–water partition coefficient (Wildman–Crippen LogP) is 2.24. The number of rotatable bonds is 5. The molecule has 2 saturated carbocycles. The van der Waals surface area contributed by atoms with Gasteiger partial charge in [0, 0.05) is 11.6 Å². The number of aliphatic hydroxyl groups excluding tert-OH is 1. The topological polar surface area (TPSA) is 78.4 Å². The monoisotopic (exact) mass is 352 g/mol. The molecule has 5 heteroatoms. The fourth-order valence-corrected chi connectivity index (χ4v) is 4.47. The fraction of sp³-hybridized carbons (Fsp3) is 0.429. The molecular formula is C21H24N2O3. The average Bonchev–Trinajstić information content (AvgIpc) is 3.28. The van der Waals surface area contributed by atoms with E-state index in [1.807, 2.05) is 30.3 Å². The highest BCUT2D eigenvalue weighted by atomic mass is 16.3. The normalized spacial score (nSPS) is 25.2. The van der Waals surface area contributed by atoms with Gasteiger partial charge < -0.3 is 15.7 Å². The molecule has 2 fully saturated rings. The molecule has 4 rings (SSSR count). The smallest absolute Gasteiger partial charge is 0.252 e. The Kier molecular flexibility index (Phi) is 4.64. The van der Waals surface area contributed by atoms with Crippen LogP contribution in [0.4, 0.5) is 0 Å². The Morgan fingerprint density at radius 1 is 1.08 bits per heavy atom.